The molecule has 25 heavy (non-hydrogen) atoms. The fourth-order valence-corrected chi connectivity index (χ4v) is 5.70. The largest absolute Gasteiger partial charge is 0.299 e. The van der Waals surface area contributed by atoms with Crippen LogP contribution in [0.5, 0.6) is 0 Å². The first kappa shape index (κ1) is 15.4. The van der Waals surface area contributed by atoms with E-state index in [0.717, 1.165) is 19.3 Å². The first-order chi connectivity index (χ1) is 12.0. The molecule has 2 aromatic carbocycles. The van der Waals surface area contributed by atoms with Crippen LogP contribution in [0.25, 0.3) is 10.8 Å². The van der Waals surface area contributed by atoms with Crippen LogP contribution < -0.4 is 0 Å². The summed E-state index contributed by atoms with van der Waals surface area (Å²) in [7, 11) is 0. The Labute approximate surface area is 150 Å². The predicted molar refractivity (Wildman–Crippen MR) is 103 cm³/mol. The summed E-state index contributed by atoms with van der Waals surface area (Å²) in [4.78, 5) is 13.1. The average Bonchev–Trinajstić information content (AvgIpc) is 3.16. The number of hydrogen-bond donors (Lipinski definition) is 0. The molecule has 3 atom stereocenters. The Balaban J connectivity index is 1.60. The third kappa shape index (κ3) is 2.25. The van der Waals surface area contributed by atoms with Gasteiger partial charge in [-0.3, -0.25) is 4.79 Å². The summed E-state index contributed by atoms with van der Waals surface area (Å²) in [5.74, 6) is 2.28. The molecule has 1 spiro atoms. The van der Waals surface area contributed by atoms with Crippen LogP contribution >= 0.6 is 0 Å². The maximum Gasteiger partial charge on any atom is 0.144 e. The van der Waals surface area contributed by atoms with Gasteiger partial charge in [-0.05, 0) is 70.9 Å². The van der Waals surface area contributed by atoms with E-state index in [1.165, 1.54) is 33.9 Å². The molecular formula is C24H26O. The molecule has 0 heterocycles. The van der Waals surface area contributed by atoms with Crippen molar-refractivity contribution in [2.24, 2.45) is 23.2 Å². The number of hydrogen-bond acceptors (Lipinski definition) is 1. The lowest BCUT2D eigenvalue weighted by Crippen LogP contribution is -2.41. The monoisotopic (exact) mass is 330 g/mol. The van der Waals surface area contributed by atoms with Gasteiger partial charge in [-0.25, -0.2) is 0 Å². The number of fused-ring (bicyclic) bond motifs is 5. The van der Waals surface area contributed by atoms with Crippen molar-refractivity contribution in [3.05, 3.63) is 59.2 Å². The van der Waals surface area contributed by atoms with Crippen LogP contribution in [-0.2, 0) is 24.1 Å². The first-order valence-electron chi connectivity index (χ1n) is 9.80. The molecule has 0 N–H and O–H groups in total. The lowest BCUT2D eigenvalue weighted by Gasteiger charge is -2.38. The molecule has 0 aliphatic heterocycles. The molecule has 3 aliphatic carbocycles. The molecular weight excluding hydrogens is 304 g/mol. The molecule has 0 amide bonds. The zero-order valence-corrected chi connectivity index (χ0v) is 15.2. The molecule has 0 aromatic heterocycles. The van der Waals surface area contributed by atoms with Crippen LogP contribution in [0.1, 0.15) is 43.4 Å². The fourth-order valence-electron chi connectivity index (χ4n) is 5.70. The van der Waals surface area contributed by atoms with Gasteiger partial charge < -0.3 is 0 Å². The lowest BCUT2D eigenvalue weighted by atomic mass is 9.63. The Morgan fingerprint density at radius 3 is 2.76 bits per heavy atom. The Kier molecular flexibility index (Phi) is 3.26. The average molecular weight is 330 g/mol. The Bertz CT molecular complexity index is 904. The third-order valence-electron chi connectivity index (χ3n) is 6.84. The number of carbonyl (C=O) groups excluding carboxylic acids is 1. The van der Waals surface area contributed by atoms with Gasteiger partial charge in [0.25, 0.3) is 0 Å². The van der Waals surface area contributed by atoms with Gasteiger partial charge in [-0.15, -0.1) is 0 Å². The van der Waals surface area contributed by atoms with E-state index < -0.39 is 0 Å². The van der Waals surface area contributed by atoms with Crippen LogP contribution in [0.15, 0.2) is 42.5 Å². The van der Waals surface area contributed by atoms with Crippen molar-refractivity contribution in [2.75, 3.05) is 0 Å². The smallest absolute Gasteiger partial charge is 0.144 e. The predicted octanol–water partition coefficient (Wildman–Crippen LogP) is 5.29. The van der Waals surface area contributed by atoms with Gasteiger partial charge in [0.1, 0.15) is 5.78 Å². The molecule has 0 saturated heterocycles. The van der Waals surface area contributed by atoms with Crippen molar-refractivity contribution >= 4 is 16.6 Å². The topological polar surface area (TPSA) is 17.1 Å². The van der Waals surface area contributed by atoms with Crippen molar-refractivity contribution in [1.29, 1.82) is 0 Å². The highest BCUT2D eigenvalue weighted by Crippen LogP contribution is 2.56. The summed E-state index contributed by atoms with van der Waals surface area (Å²) in [6.07, 6.45) is 9.65. The minimum atomic E-state index is -0.0877. The van der Waals surface area contributed by atoms with Gasteiger partial charge in [0.05, 0.1) is 0 Å². The van der Waals surface area contributed by atoms with E-state index in [-0.39, 0.29) is 5.41 Å². The van der Waals surface area contributed by atoms with Gasteiger partial charge >= 0.3 is 0 Å². The first-order valence-corrected chi connectivity index (χ1v) is 9.80. The second-order valence-corrected chi connectivity index (χ2v) is 8.98. The van der Waals surface area contributed by atoms with E-state index in [0.29, 0.717) is 30.0 Å². The van der Waals surface area contributed by atoms with E-state index in [4.69, 9.17) is 0 Å². The number of rotatable bonds is 2. The number of carbonyl (C=O) groups is 1. The molecule has 3 aliphatic rings. The summed E-state index contributed by atoms with van der Waals surface area (Å²) >= 11 is 0. The Morgan fingerprint density at radius 1 is 1.16 bits per heavy atom. The molecule has 2 bridgehead atoms. The highest BCUT2D eigenvalue weighted by atomic mass is 16.1. The highest BCUT2D eigenvalue weighted by Gasteiger charge is 2.54. The molecule has 2 aromatic rings. The fraction of sp³-hybridized carbons (Fsp3) is 0.458. The molecule has 5 rings (SSSR count). The van der Waals surface area contributed by atoms with Crippen molar-refractivity contribution < 1.29 is 4.79 Å². The van der Waals surface area contributed by atoms with E-state index in [1.54, 1.807) is 0 Å². The number of allylic oxidation sites excluding steroid dienone is 2. The minimum Gasteiger partial charge on any atom is -0.299 e. The van der Waals surface area contributed by atoms with Crippen LogP contribution in [0.2, 0.25) is 0 Å². The molecule has 128 valence electrons. The maximum absolute atomic E-state index is 13.1. The van der Waals surface area contributed by atoms with Gasteiger partial charge in [0, 0.05) is 11.8 Å². The Hall–Kier alpha value is -1.89. The van der Waals surface area contributed by atoms with Gasteiger partial charge in [0.15, 0.2) is 0 Å². The number of benzene rings is 2. The third-order valence-corrected chi connectivity index (χ3v) is 6.84. The van der Waals surface area contributed by atoms with Gasteiger partial charge in [-0.2, -0.15) is 0 Å². The maximum atomic E-state index is 13.1. The quantitative estimate of drug-likeness (QED) is 0.684. The van der Waals surface area contributed by atoms with Crippen molar-refractivity contribution in [1.82, 2.24) is 0 Å². The number of ketones is 1. The molecule has 1 nitrogen and oxygen atoms in total. The summed E-state index contributed by atoms with van der Waals surface area (Å²) in [5, 5.41) is 2.70. The van der Waals surface area contributed by atoms with Crippen LogP contribution in [0, 0.1) is 23.2 Å². The summed E-state index contributed by atoms with van der Waals surface area (Å²) in [6, 6.07) is 11.4. The second kappa shape index (κ2) is 5.30. The van der Waals surface area contributed by atoms with Crippen LogP contribution in [0.3, 0.4) is 0 Å². The van der Waals surface area contributed by atoms with E-state index in [2.05, 4.69) is 56.3 Å². The molecule has 0 radical (unpaired) electrons. The minimum absolute atomic E-state index is 0.0877. The van der Waals surface area contributed by atoms with E-state index in [9.17, 15) is 4.79 Å². The van der Waals surface area contributed by atoms with Crippen LogP contribution in [0.4, 0.5) is 0 Å². The SMILES string of the molecule is CC(C)Cc1cccc2cc3c(cc12)CC(=O)C1(C3)CC2C=CC1C2. The second-order valence-electron chi connectivity index (χ2n) is 8.98. The zero-order chi connectivity index (χ0) is 17.2. The molecule has 1 heteroatoms. The lowest BCUT2D eigenvalue weighted by molar-refractivity contribution is -0.130. The van der Waals surface area contributed by atoms with Gasteiger partial charge in [0.2, 0.25) is 0 Å². The number of Topliss-reactive ketones (excluding diaryl/α,β-unsaturated/α-hetero) is 1. The standard InChI is InChI=1S/C24H26O/c1-15(2)8-17-4-3-5-18-10-20-14-24(13-16-6-7-21(24)9-16)23(25)12-19(20)11-22(17)18/h3-7,10-11,15-16,21H,8-9,12-14H2,1-2H3. The molecule has 1 saturated carbocycles. The van der Waals surface area contributed by atoms with E-state index >= 15 is 0 Å². The van der Waals surface area contributed by atoms with Crippen molar-refractivity contribution in [2.45, 2.75) is 46.0 Å². The Morgan fingerprint density at radius 2 is 2.04 bits per heavy atom. The van der Waals surface area contributed by atoms with E-state index in [1.807, 2.05) is 0 Å². The summed E-state index contributed by atoms with van der Waals surface area (Å²) in [6.45, 7) is 4.54. The van der Waals surface area contributed by atoms with Crippen LogP contribution in [-0.4, -0.2) is 5.78 Å². The summed E-state index contributed by atoms with van der Waals surface area (Å²) < 4.78 is 0. The van der Waals surface area contributed by atoms with Crippen molar-refractivity contribution in [3.63, 3.8) is 0 Å². The highest BCUT2D eigenvalue weighted by molar-refractivity contribution is 5.94. The summed E-state index contributed by atoms with van der Waals surface area (Å²) in [5.41, 5.74) is 4.04. The van der Waals surface area contributed by atoms with Crippen molar-refractivity contribution in [3.8, 4) is 0 Å². The zero-order valence-electron chi connectivity index (χ0n) is 15.2. The molecule has 3 unspecified atom stereocenters. The molecule has 1 fully saturated rings. The van der Waals surface area contributed by atoms with Gasteiger partial charge in [-0.1, -0.05) is 56.3 Å². The normalized spacial score (nSPS) is 30.0.